The highest BCUT2D eigenvalue weighted by Crippen LogP contribution is 2.14. The first-order chi connectivity index (χ1) is 6.77. The molecule has 1 aromatic heterocycles. The standard InChI is InChI=1S/C10H16N4/c1-8-5-10(13-7-12-8)14-4-3-11-6-9(14)2/h5,7,9,11H,3-4,6H2,1-2H3. The second kappa shape index (κ2) is 3.92. The van der Waals surface area contributed by atoms with Crippen LogP contribution < -0.4 is 10.2 Å². The maximum absolute atomic E-state index is 4.30. The summed E-state index contributed by atoms with van der Waals surface area (Å²) in [7, 11) is 0. The summed E-state index contributed by atoms with van der Waals surface area (Å²) in [6, 6.07) is 2.56. The summed E-state index contributed by atoms with van der Waals surface area (Å²) < 4.78 is 0. The number of piperazine rings is 1. The van der Waals surface area contributed by atoms with Gasteiger partial charge in [0.2, 0.25) is 0 Å². The van der Waals surface area contributed by atoms with Crippen molar-refractivity contribution >= 4 is 5.82 Å². The maximum Gasteiger partial charge on any atom is 0.132 e. The summed E-state index contributed by atoms with van der Waals surface area (Å²) in [4.78, 5) is 10.7. The number of nitrogens with zero attached hydrogens (tertiary/aromatic N) is 3. The first kappa shape index (κ1) is 9.40. The van der Waals surface area contributed by atoms with Gasteiger partial charge >= 0.3 is 0 Å². The molecule has 0 spiro atoms. The number of hydrogen-bond acceptors (Lipinski definition) is 4. The Morgan fingerprint density at radius 3 is 3.07 bits per heavy atom. The molecule has 0 bridgehead atoms. The summed E-state index contributed by atoms with van der Waals surface area (Å²) >= 11 is 0. The molecule has 1 unspecified atom stereocenters. The Kier molecular flexibility index (Phi) is 2.63. The van der Waals surface area contributed by atoms with Crippen molar-refractivity contribution in [2.24, 2.45) is 0 Å². The normalized spacial score (nSPS) is 22.4. The van der Waals surface area contributed by atoms with Crippen LogP contribution in [0.5, 0.6) is 0 Å². The molecule has 0 aromatic carbocycles. The van der Waals surface area contributed by atoms with Crippen molar-refractivity contribution in [1.29, 1.82) is 0 Å². The minimum absolute atomic E-state index is 0.512. The van der Waals surface area contributed by atoms with Crippen LogP contribution in [0.2, 0.25) is 0 Å². The van der Waals surface area contributed by atoms with Crippen molar-refractivity contribution in [2.75, 3.05) is 24.5 Å². The van der Waals surface area contributed by atoms with Gasteiger partial charge in [-0.25, -0.2) is 9.97 Å². The van der Waals surface area contributed by atoms with E-state index >= 15 is 0 Å². The van der Waals surface area contributed by atoms with Crippen molar-refractivity contribution < 1.29 is 0 Å². The molecule has 1 aliphatic heterocycles. The Labute approximate surface area is 84.4 Å². The Morgan fingerprint density at radius 2 is 2.36 bits per heavy atom. The third kappa shape index (κ3) is 1.85. The summed E-state index contributed by atoms with van der Waals surface area (Å²) in [6.45, 7) is 7.30. The summed E-state index contributed by atoms with van der Waals surface area (Å²) in [5.41, 5.74) is 1.03. The number of nitrogens with one attached hydrogen (secondary N) is 1. The molecule has 1 aromatic rings. The van der Waals surface area contributed by atoms with Gasteiger partial charge in [0.25, 0.3) is 0 Å². The van der Waals surface area contributed by atoms with E-state index in [2.05, 4.69) is 27.1 Å². The van der Waals surface area contributed by atoms with Gasteiger partial charge in [0.1, 0.15) is 12.1 Å². The van der Waals surface area contributed by atoms with Crippen molar-refractivity contribution in [3.05, 3.63) is 18.1 Å². The first-order valence-electron chi connectivity index (χ1n) is 5.03. The lowest BCUT2D eigenvalue weighted by Gasteiger charge is -2.34. The lowest BCUT2D eigenvalue weighted by molar-refractivity contribution is 0.497. The average Bonchev–Trinajstić information content (AvgIpc) is 2.18. The maximum atomic E-state index is 4.30. The predicted molar refractivity (Wildman–Crippen MR) is 56.4 cm³/mol. The van der Waals surface area contributed by atoms with Crippen LogP contribution in [0.15, 0.2) is 12.4 Å². The molecule has 1 atom stereocenters. The highest BCUT2D eigenvalue weighted by Gasteiger charge is 2.18. The van der Waals surface area contributed by atoms with E-state index in [0.29, 0.717) is 6.04 Å². The van der Waals surface area contributed by atoms with Gasteiger partial charge < -0.3 is 10.2 Å². The molecule has 0 amide bonds. The van der Waals surface area contributed by atoms with E-state index in [0.717, 1.165) is 31.1 Å². The molecule has 1 saturated heterocycles. The van der Waals surface area contributed by atoms with Gasteiger partial charge in [0.15, 0.2) is 0 Å². The molecule has 76 valence electrons. The predicted octanol–water partition coefficient (Wildman–Crippen LogP) is 0.583. The smallest absolute Gasteiger partial charge is 0.132 e. The molecule has 4 heteroatoms. The molecule has 4 nitrogen and oxygen atoms in total. The monoisotopic (exact) mass is 192 g/mol. The van der Waals surface area contributed by atoms with Crippen LogP contribution >= 0.6 is 0 Å². The minimum atomic E-state index is 0.512. The highest BCUT2D eigenvalue weighted by molar-refractivity contribution is 5.40. The van der Waals surface area contributed by atoms with E-state index in [1.807, 2.05) is 13.0 Å². The average molecular weight is 192 g/mol. The number of rotatable bonds is 1. The molecular formula is C10H16N4. The van der Waals surface area contributed by atoms with Crippen LogP contribution in [0.3, 0.4) is 0 Å². The van der Waals surface area contributed by atoms with Crippen LogP contribution in [0.4, 0.5) is 5.82 Å². The highest BCUT2D eigenvalue weighted by atomic mass is 15.3. The van der Waals surface area contributed by atoms with Gasteiger partial charge in [-0.1, -0.05) is 0 Å². The van der Waals surface area contributed by atoms with E-state index in [1.54, 1.807) is 6.33 Å². The van der Waals surface area contributed by atoms with Gasteiger partial charge in [-0.15, -0.1) is 0 Å². The molecule has 1 aliphatic rings. The third-order valence-corrected chi connectivity index (χ3v) is 2.58. The molecular weight excluding hydrogens is 176 g/mol. The van der Waals surface area contributed by atoms with E-state index in [1.165, 1.54) is 0 Å². The van der Waals surface area contributed by atoms with Crippen LogP contribution in [0.25, 0.3) is 0 Å². The quantitative estimate of drug-likeness (QED) is 0.707. The summed E-state index contributed by atoms with van der Waals surface area (Å²) in [6.07, 6.45) is 1.64. The second-order valence-electron chi connectivity index (χ2n) is 3.76. The second-order valence-corrected chi connectivity index (χ2v) is 3.76. The van der Waals surface area contributed by atoms with Gasteiger partial charge in [0.05, 0.1) is 0 Å². The lowest BCUT2D eigenvalue weighted by atomic mass is 10.2. The van der Waals surface area contributed by atoms with Gasteiger partial charge in [0, 0.05) is 37.4 Å². The fraction of sp³-hybridized carbons (Fsp3) is 0.600. The number of anilines is 1. The zero-order valence-electron chi connectivity index (χ0n) is 8.70. The zero-order chi connectivity index (χ0) is 9.97. The van der Waals surface area contributed by atoms with E-state index in [-0.39, 0.29) is 0 Å². The number of aromatic nitrogens is 2. The van der Waals surface area contributed by atoms with Crippen LogP contribution in [-0.2, 0) is 0 Å². The molecule has 0 radical (unpaired) electrons. The Balaban J connectivity index is 2.20. The van der Waals surface area contributed by atoms with Crippen molar-refractivity contribution in [2.45, 2.75) is 19.9 Å². The summed E-state index contributed by atoms with van der Waals surface area (Å²) in [5.74, 6) is 1.05. The molecule has 1 N–H and O–H groups in total. The molecule has 2 heterocycles. The topological polar surface area (TPSA) is 41.0 Å². The lowest BCUT2D eigenvalue weighted by Crippen LogP contribution is -2.50. The molecule has 1 fully saturated rings. The Morgan fingerprint density at radius 1 is 1.50 bits per heavy atom. The summed E-state index contributed by atoms with van der Waals surface area (Å²) in [5, 5.41) is 3.36. The molecule has 2 rings (SSSR count). The first-order valence-corrected chi connectivity index (χ1v) is 5.03. The fourth-order valence-corrected chi connectivity index (χ4v) is 1.78. The van der Waals surface area contributed by atoms with Gasteiger partial charge in [-0.05, 0) is 13.8 Å². The van der Waals surface area contributed by atoms with Gasteiger partial charge in [-0.3, -0.25) is 0 Å². The number of aryl methyl sites for hydroxylation is 1. The van der Waals surface area contributed by atoms with Crippen LogP contribution in [0.1, 0.15) is 12.6 Å². The van der Waals surface area contributed by atoms with Crippen molar-refractivity contribution in [1.82, 2.24) is 15.3 Å². The van der Waals surface area contributed by atoms with E-state index < -0.39 is 0 Å². The van der Waals surface area contributed by atoms with Crippen LogP contribution in [-0.4, -0.2) is 35.6 Å². The van der Waals surface area contributed by atoms with Crippen LogP contribution in [0, 0.1) is 6.92 Å². The Hall–Kier alpha value is -1.16. The molecule has 0 aliphatic carbocycles. The zero-order valence-corrected chi connectivity index (χ0v) is 8.70. The van der Waals surface area contributed by atoms with Crippen molar-refractivity contribution in [3.63, 3.8) is 0 Å². The minimum Gasteiger partial charge on any atom is -0.351 e. The molecule has 0 saturated carbocycles. The third-order valence-electron chi connectivity index (χ3n) is 2.58. The number of hydrogen-bond donors (Lipinski definition) is 1. The fourth-order valence-electron chi connectivity index (χ4n) is 1.78. The van der Waals surface area contributed by atoms with E-state index in [9.17, 15) is 0 Å². The van der Waals surface area contributed by atoms with Gasteiger partial charge in [-0.2, -0.15) is 0 Å². The van der Waals surface area contributed by atoms with Crippen molar-refractivity contribution in [3.8, 4) is 0 Å². The largest absolute Gasteiger partial charge is 0.351 e. The van der Waals surface area contributed by atoms with E-state index in [4.69, 9.17) is 0 Å². The Bertz CT molecular complexity index is 313. The molecule has 14 heavy (non-hydrogen) atoms. The SMILES string of the molecule is Cc1cc(N2CCNCC2C)ncn1.